The standard InChI is InChI=1S/C26H32N4O2Si/c1-17-26(27-16-30(17)13-12-24(31)32)25-20-10-8-18(28(2)3)14-22(20)33(6,7)23-15-19(29(4)5)9-11-21(23)25/h8-11,14-16H,12-13H2,1-7H3. The number of hydrogen-bond donors (Lipinski definition) is 0. The van der Waals surface area contributed by atoms with Gasteiger partial charge in [0.05, 0.1) is 6.54 Å². The molecule has 33 heavy (non-hydrogen) atoms. The zero-order chi connectivity index (χ0) is 24.1. The number of fused-ring (bicyclic) bond motifs is 2. The van der Waals surface area contributed by atoms with Crippen molar-refractivity contribution in [3.8, 4) is 0 Å². The topological polar surface area (TPSA) is 62.0 Å². The highest BCUT2D eigenvalue weighted by Crippen LogP contribution is 2.36. The van der Waals surface area contributed by atoms with E-state index in [4.69, 9.17) is 4.99 Å². The Balaban J connectivity index is 2.01. The molecular weight excluding hydrogens is 428 g/mol. The lowest BCUT2D eigenvalue weighted by atomic mass is 9.93. The van der Waals surface area contributed by atoms with Gasteiger partial charge in [-0.25, -0.2) is 4.58 Å². The third-order valence-electron chi connectivity index (χ3n) is 6.82. The molecule has 4 rings (SSSR count). The van der Waals surface area contributed by atoms with Gasteiger partial charge in [0.15, 0.2) is 5.71 Å². The Hall–Kier alpha value is -3.19. The fourth-order valence-corrected chi connectivity index (χ4v) is 7.83. The second-order valence-electron chi connectivity index (χ2n) is 9.74. The molecule has 2 aromatic rings. The SMILES string of the molecule is CC1=[N+](CCC(=O)[O-])C=NC1=C1c2ccc(N(C)C)cc2[Si](C)(C)c2cc(N(C)C)ccc21. The van der Waals surface area contributed by atoms with Gasteiger partial charge in [-0.3, -0.25) is 0 Å². The Morgan fingerprint density at radius 2 is 1.48 bits per heavy atom. The number of rotatable bonds is 5. The highest BCUT2D eigenvalue weighted by molar-refractivity contribution is 7.02. The van der Waals surface area contributed by atoms with Crippen molar-refractivity contribution in [2.45, 2.75) is 26.4 Å². The molecule has 0 bridgehead atoms. The van der Waals surface area contributed by atoms with Crippen molar-refractivity contribution in [3.05, 3.63) is 53.2 Å². The van der Waals surface area contributed by atoms with Crippen LogP contribution in [0.5, 0.6) is 0 Å². The number of carboxylic acid groups (broad SMARTS) is 1. The molecule has 0 radical (unpaired) electrons. The van der Waals surface area contributed by atoms with Gasteiger partial charge in [-0.1, -0.05) is 25.2 Å². The molecule has 0 aliphatic carbocycles. The quantitative estimate of drug-likeness (QED) is 0.500. The second-order valence-corrected chi connectivity index (χ2v) is 14.1. The molecule has 0 unspecified atom stereocenters. The lowest BCUT2D eigenvalue weighted by molar-refractivity contribution is -0.399. The summed E-state index contributed by atoms with van der Waals surface area (Å²) in [5.41, 5.74) is 7.86. The summed E-state index contributed by atoms with van der Waals surface area (Å²) in [6.45, 7) is 7.22. The first-order valence-electron chi connectivity index (χ1n) is 11.3. The van der Waals surface area contributed by atoms with Crippen LogP contribution in [0, 0.1) is 0 Å². The zero-order valence-electron chi connectivity index (χ0n) is 20.6. The number of carbonyl (C=O) groups excluding carboxylic acids is 1. The maximum atomic E-state index is 11.0. The number of benzene rings is 2. The summed E-state index contributed by atoms with van der Waals surface area (Å²) in [5.74, 6) is -1.05. The van der Waals surface area contributed by atoms with Gasteiger partial charge in [0.1, 0.15) is 8.07 Å². The second kappa shape index (κ2) is 8.30. The van der Waals surface area contributed by atoms with Crippen molar-refractivity contribution in [1.29, 1.82) is 0 Å². The van der Waals surface area contributed by atoms with Crippen LogP contribution in [0.2, 0.25) is 13.1 Å². The van der Waals surface area contributed by atoms with E-state index in [-0.39, 0.29) is 6.42 Å². The first kappa shape index (κ1) is 23.0. The van der Waals surface area contributed by atoms with Crippen LogP contribution in [0.1, 0.15) is 24.5 Å². The van der Waals surface area contributed by atoms with Crippen molar-refractivity contribution in [1.82, 2.24) is 0 Å². The van der Waals surface area contributed by atoms with Gasteiger partial charge in [-0.15, -0.1) is 0 Å². The summed E-state index contributed by atoms with van der Waals surface area (Å²) >= 11 is 0. The molecule has 7 heteroatoms. The maximum absolute atomic E-state index is 11.0. The molecule has 2 heterocycles. The molecule has 0 aromatic heterocycles. The van der Waals surface area contributed by atoms with E-state index in [0.717, 1.165) is 17.0 Å². The highest BCUT2D eigenvalue weighted by atomic mass is 28.3. The summed E-state index contributed by atoms with van der Waals surface area (Å²) in [6.07, 6.45) is 1.72. The molecular formula is C26H32N4O2Si. The average Bonchev–Trinajstić information content (AvgIpc) is 3.12. The Kier molecular flexibility index (Phi) is 5.78. The molecule has 0 N–H and O–H groups in total. The molecule has 172 valence electrons. The number of carboxylic acids is 1. The van der Waals surface area contributed by atoms with Crippen LogP contribution in [0.25, 0.3) is 5.57 Å². The molecule has 0 amide bonds. The summed E-state index contributed by atoms with van der Waals surface area (Å²) in [4.78, 5) is 20.1. The minimum absolute atomic E-state index is 0.0303. The van der Waals surface area contributed by atoms with Crippen molar-refractivity contribution >= 4 is 53.4 Å². The lowest BCUT2D eigenvalue weighted by Gasteiger charge is -2.36. The van der Waals surface area contributed by atoms with Crippen LogP contribution in [0.4, 0.5) is 11.4 Å². The number of allylic oxidation sites excluding steroid dienone is 1. The number of aliphatic carboxylic acids is 1. The fourth-order valence-electron chi connectivity index (χ4n) is 4.76. The summed E-state index contributed by atoms with van der Waals surface area (Å²) < 4.78 is 1.91. The van der Waals surface area contributed by atoms with Crippen molar-refractivity contribution in [3.63, 3.8) is 0 Å². The largest absolute Gasteiger partial charge is 0.550 e. The molecule has 0 saturated carbocycles. The molecule has 0 fully saturated rings. The number of nitrogens with zero attached hydrogens (tertiary/aromatic N) is 4. The molecule has 2 aliphatic heterocycles. The van der Waals surface area contributed by atoms with Crippen LogP contribution >= 0.6 is 0 Å². The molecule has 6 nitrogen and oxygen atoms in total. The highest BCUT2D eigenvalue weighted by Gasteiger charge is 2.40. The predicted octanol–water partition coefficient (Wildman–Crippen LogP) is 1.37. The Labute approximate surface area is 197 Å². The van der Waals surface area contributed by atoms with Gasteiger partial charge in [-0.2, -0.15) is 0 Å². The summed E-state index contributed by atoms with van der Waals surface area (Å²) in [6, 6.07) is 13.5. The Bertz CT molecular complexity index is 1180. The molecule has 0 atom stereocenters. The van der Waals surface area contributed by atoms with E-state index in [0.29, 0.717) is 6.54 Å². The molecule has 0 saturated heterocycles. The zero-order valence-corrected chi connectivity index (χ0v) is 21.6. The van der Waals surface area contributed by atoms with Crippen LogP contribution in [0.3, 0.4) is 0 Å². The number of hydrogen-bond acceptors (Lipinski definition) is 5. The lowest BCUT2D eigenvalue weighted by Crippen LogP contribution is -2.58. The van der Waals surface area contributed by atoms with E-state index >= 15 is 0 Å². The molecule has 2 aliphatic rings. The van der Waals surface area contributed by atoms with E-state index in [1.54, 1.807) is 6.34 Å². The van der Waals surface area contributed by atoms with Crippen molar-refractivity contribution < 1.29 is 14.5 Å². The van der Waals surface area contributed by atoms with Crippen molar-refractivity contribution in [2.75, 3.05) is 44.5 Å². The van der Waals surface area contributed by atoms with Crippen LogP contribution in [-0.4, -0.2) is 65.4 Å². The summed E-state index contributed by atoms with van der Waals surface area (Å²) in [7, 11) is 6.30. The first-order valence-corrected chi connectivity index (χ1v) is 14.3. The van der Waals surface area contributed by atoms with E-state index in [1.807, 2.05) is 11.5 Å². The van der Waals surface area contributed by atoms with Crippen LogP contribution < -0.4 is 25.3 Å². The van der Waals surface area contributed by atoms with Crippen LogP contribution in [-0.2, 0) is 4.79 Å². The smallest absolute Gasteiger partial charge is 0.287 e. The number of anilines is 2. The Morgan fingerprint density at radius 1 is 0.970 bits per heavy atom. The van der Waals surface area contributed by atoms with E-state index in [9.17, 15) is 9.90 Å². The molecule has 0 spiro atoms. The van der Waals surface area contributed by atoms with Gasteiger partial charge in [0.2, 0.25) is 5.70 Å². The number of aliphatic imine (C=N–C) groups is 1. The third kappa shape index (κ3) is 3.91. The minimum atomic E-state index is -2.00. The maximum Gasteiger partial charge on any atom is 0.287 e. The number of carbonyl (C=O) groups is 1. The normalized spacial score (nSPS) is 16.1. The average molecular weight is 461 g/mol. The fraction of sp³-hybridized carbons (Fsp3) is 0.346. The monoisotopic (exact) mass is 460 g/mol. The third-order valence-corrected chi connectivity index (χ3v) is 10.3. The van der Waals surface area contributed by atoms with E-state index < -0.39 is 14.0 Å². The summed E-state index contributed by atoms with van der Waals surface area (Å²) in [5, 5.41) is 13.8. The van der Waals surface area contributed by atoms with Crippen molar-refractivity contribution in [2.24, 2.45) is 4.99 Å². The Morgan fingerprint density at radius 3 is 1.94 bits per heavy atom. The molecule has 2 aromatic carbocycles. The van der Waals surface area contributed by atoms with Gasteiger partial charge in [0, 0.05) is 64.5 Å². The van der Waals surface area contributed by atoms with E-state index in [1.165, 1.54) is 32.9 Å². The van der Waals surface area contributed by atoms with Crippen LogP contribution in [0.15, 0.2) is 47.1 Å². The van der Waals surface area contributed by atoms with Gasteiger partial charge >= 0.3 is 0 Å². The van der Waals surface area contributed by atoms with Gasteiger partial charge in [-0.05, 0) is 50.8 Å². The predicted molar refractivity (Wildman–Crippen MR) is 138 cm³/mol. The van der Waals surface area contributed by atoms with Gasteiger partial charge < -0.3 is 19.7 Å². The van der Waals surface area contributed by atoms with Gasteiger partial charge in [0.25, 0.3) is 6.34 Å². The first-order chi connectivity index (χ1) is 15.5. The van der Waals surface area contributed by atoms with E-state index in [2.05, 4.69) is 87.5 Å². The minimum Gasteiger partial charge on any atom is -0.550 e.